The van der Waals surface area contributed by atoms with Crippen molar-refractivity contribution in [3.63, 3.8) is 0 Å². The number of aliphatic carboxylic acids is 1. The number of nitrogens with two attached hydrogens (primary N) is 1. The number of esters is 1. The molecule has 0 amide bonds. The summed E-state index contributed by atoms with van der Waals surface area (Å²) in [6.45, 7) is 4.97. The molecule has 1 rings (SSSR count). The number of hydrogen-bond acceptors (Lipinski definition) is 4. The predicted molar refractivity (Wildman–Crippen MR) is 58.0 cm³/mol. The lowest BCUT2D eigenvalue weighted by atomic mass is 9.63. The fraction of sp³-hybridized carbons (Fsp3) is 0.818. The highest BCUT2D eigenvalue weighted by Crippen LogP contribution is 2.46. The molecule has 1 atom stereocenters. The van der Waals surface area contributed by atoms with Crippen LogP contribution in [0.4, 0.5) is 4.39 Å². The number of hydrogen-bond donors (Lipinski definition) is 2. The summed E-state index contributed by atoms with van der Waals surface area (Å²) < 4.78 is 17.9. The molecule has 0 aromatic carbocycles. The highest BCUT2D eigenvalue weighted by molar-refractivity contribution is 5.87. The van der Waals surface area contributed by atoms with Gasteiger partial charge in [0.2, 0.25) is 0 Å². The van der Waals surface area contributed by atoms with E-state index < -0.39 is 35.2 Å². The topological polar surface area (TPSA) is 89.6 Å². The molecule has 5 nitrogen and oxygen atoms in total. The molecule has 1 aliphatic carbocycles. The van der Waals surface area contributed by atoms with Gasteiger partial charge in [-0.1, -0.05) is 0 Å². The number of carbonyl (C=O) groups excluding carboxylic acids is 1. The standard InChI is InChI=1S/C11H18FNO4/c1-10(2,3)17-8(14)7(13)11(9(15)16)4-6(12)5-11/h6-7H,4-5,13H2,1-3H3,(H,15,16)/t6?,7-,11?/m0/s1. The van der Waals surface area contributed by atoms with Crippen molar-refractivity contribution in [2.45, 2.75) is 51.4 Å². The van der Waals surface area contributed by atoms with Gasteiger partial charge in [0, 0.05) is 0 Å². The molecule has 1 fully saturated rings. The summed E-state index contributed by atoms with van der Waals surface area (Å²) in [5, 5.41) is 9.06. The third-order valence-corrected chi connectivity index (χ3v) is 2.85. The Morgan fingerprint density at radius 3 is 2.24 bits per heavy atom. The van der Waals surface area contributed by atoms with Gasteiger partial charge in [-0.15, -0.1) is 0 Å². The molecule has 0 saturated heterocycles. The van der Waals surface area contributed by atoms with Gasteiger partial charge in [0.1, 0.15) is 17.8 Å². The van der Waals surface area contributed by atoms with Crippen molar-refractivity contribution < 1.29 is 23.8 Å². The van der Waals surface area contributed by atoms with E-state index in [1.165, 1.54) is 0 Å². The summed E-state index contributed by atoms with van der Waals surface area (Å²) in [5.74, 6) is -2.04. The minimum absolute atomic E-state index is 0.233. The van der Waals surface area contributed by atoms with E-state index in [-0.39, 0.29) is 12.8 Å². The maximum Gasteiger partial charge on any atom is 0.324 e. The summed E-state index contributed by atoms with van der Waals surface area (Å²) in [6.07, 6.45) is -1.68. The molecule has 0 aromatic rings. The fourth-order valence-corrected chi connectivity index (χ4v) is 1.88. The third kappa shape index (κ3) is 2.74. The van der Waals surface area contributed by atoms with Crippen molar-refractivity contribution in [2.75, 3.05) is 0 Å². The third-order valence-electron chi connectivity index (χ3n) is 2.85. The van der Waals surface area contributed by atoms with Gasteiger partial charge in [-0.2, -0.15) is 0 Å². The highest BCUT2D eigenvalue weighted by Gasteiger charge is 2.58. The second-order valence-corrected chi connectivity index (χ2v) is 5.48. The van der Waals surface area contributed by atoms with Gasteiger partial charge in [-0.05, 0) is 33.6 Å². The molecule has 0 spiro atoms. The van der Waals surface area contributed by atoms with Crippen molar-refractivity contribution in [2.24, 2.45) is 11.1 Å². The number of carboxylic acid groups (broad SMARTS) is 1. The first-order valence-electron chi connectivity index (χ1n) is 5.44. The Bertz CT molecular complexity index is 331. The second-order valence-electron chi connectivity index (χ2n) is 5.48. The molecule has 0 unspecified atom stereocenters. The van der Waals surface area contributed by atoms with Crippen molar-refractivity contribution in [1.29, 1.82) is 0 Å². The fourth-order valence-electron chi connectivity index (χ4n) is 1.88. The van der Waals surface area contributed by atoms with Crippen molar-refractivity contribution in [3.8, 4) is 0 Å². The van der Waals surface area contributed by atoms with Gasteiger partial charge in [-0.25, -0.2) is 4.39 Å². The van der Waals surface area contributed by atoms with Crippen LogP contribution in [0, 0.1) is 5.41 Å². The quantitative estimate of drug-likeness (QED) is 0.722. The molecule has 0 radical (unpaired) electrons. The van der Waals surface area contributed by atoms with Crippen molar-refractivity contribution in [1.82, 2.24) is 0 Å². The first-order valence-corrected chi connectivity index (χ1v) is 5.44. The Morgan fingerprint density at radius 2 is 1.94 bits per heavy atom. The predicted octanol–water partition coefficient (Wildman–Crippen LogP) is 0.858. The van der Waals surface area contributed by atoms with E-state index in [9.17, 15) is 14.0 Å². The van der Waals surface area contributed by atoms with Gasteiger partial charge in [0.25, 0.3) is 0 Å². The van der Waals surface area contributed by atoms with Gasteiger partial charge in [0.05, 0.1) is 5.41 Å². The minimum atomic E-state index is -1.51. The van der Waals surface area contributed by atoms with Gasteiger partial charge >= 0.3 is 11.9 Å². The van der Waals surface area contributed by atoms with Crippen LogP contribution < -0.4 is 5.73 Å². The molecule has 98 valence electrons. The van der Waals surface area contributed by atoms with Gasteiger partial charge in [-0.3, -0.25) is 9.59 Å². The zero-order valence-electron chi connectivity index (χ0n) is 10.2. The normalized spacial score (nSPS) is 30.3. The number of alkyl halides is 1. The highest BCUT2D eigenvalue weighted by atomic mass is 19.1. The average Bonchev–Trinajstić information content (AvgIpc) is 2.07. The Balaban J connectivity index is 2.77. The van der Waals surface area contributed by atoms with Crippen LogP contribution in [-0.4, -0.2) is 34.9 Å². The first-order chi connectivity index (χ1) is 7.58. The molecule has 0 bridgehead atoms. The molecule has 17 heavy (non-hydrogen) atoms. The SMILES string of the molecule is CC(C)(C)OC(=O)[C@H](N)C1(C(=O)O)CC(F)C1. The lowest BCUT2D eigenvalue weighted by Crippen LogP contribution is -2.60. The summed E-state index contributed by atoms with van der Waals surface area (Å²) in [6, 6.07) is -1.33. The van der Waals surface area contributed by atoms with Crippen LogP contribution >= 0.6 is 0 Å². The largest absolute Gasteiger partial charge is 0.481 e. The Morgan fingerprint density at radius 1 is 1.47 bits per heavy atom. The molecule has 1 saturated carbocycles. The monoisotopic (exact) mass is 247 g/mol. The summed E-state index contributed by atoms with van der Waals surface area (Å²) in [5.41, 5.74) is 3.35. The molecule has 0 aliphatic heterocycles. The molecular weight excluding hydrogens is 229 g/mol. The van der Waals surface area contributed by atoms with E-state index in [2.05, 4.69) is 0 Å². The molecule has 3 N–H and O–H groups in total. The van der Waals surface area contributed by atoms with E-state index in [0.29, 0.717) is 0 Å². The molecule has 0 aromatic heterocycles. The Labute approximate surface area is 99.1 Å². The summed E-state index contributed by atoms with van der Waals surface area (Å²) in [7, 11) is 0. The number of carboxylic acids is 1. The van der Waals surface area contributed by atoms with Crippen LogP contribution in [0.1, 0.15) is 33.6 Å². The van der Waals surface area contributed by atoms with E-state index in [1.54, 1.807) is 20.8 Å². The number of halogens is 1. The Kier molecular flexibility index (Phi) is 3.47. The Hall–Kier alpha value is -1.17. The lowest BCUT2D eigenvalue weighted by Gasteiger charge is -2.43. The van der Waals surface area contributed by atoms with E-state index >= 15 is 0 Å². The minimum Gasteiger partial charge on any atom is -0.481 e. The summed E-state index contributed by atoms with van der Waals surface area (Å²) >= 11 is 0. The molecular formula is C11H18FNO4. The zero-order valence-corrected chi connectivity index (χ0v) is 10.2. The summed E-state index contributed by atoms with van der Waals surface area (Å²) in [4.78, 5) is 22.8. The maximum atomic E-state index is 12.9. The van der Waals surface area contributed by atoms with E-state index in [4.69, 9.17) is 15.6 Å². The van der Waals surface area contributed by atoms with Crippen LogP contribution in [0.5, 0.6) is 0 Å². The average molecular weight is 247 g/mol. The second kappa shape index (κ2) is 4.25. The first kappa shape index (κ1) is 13.9. The van der Waals surface area contributed by atoms with Crippen molar-refractivity contribution in [3.05, 3.63) is 0 Å². The lowest BCUT2D eigenvalue weighted by molar-refractivity contribution is -0.176. The van der Waals surface area contributed by atoms with Gasteiger partial charge in [0.15, 0.2) is 0 Å². The molecule has 6 heteroatoms. The number of carbonyl (C=O) groups is 2. The molecule has 1 aliphatic rings. The van der Waals surface area contributed by atoms with E-state index in [1.807, 2.05) is 0 Å². The number of ether oxygens (including phenoxy) is 1. The van der Waals surface area contributed by atoms with Crippen LogP contribution in [0.25, 0.3) is 0 Å². The molecule has 0 heterocycles. The van der Waals surface area contributed by atoms with E-state index in [0.717, 1.165) is 0 Å². The smallest absolute Gasteiger partial charge is 0.324 e. The van der Waals surface area contributed by atoms with Gasteiger partial charge < -0.3 is 15.6 Å². The zero-order chi connectivity index (χ0) is 13.4. The van der Waals surface area contributed by atoms with Crippen molar-refractivity contribution >= 4 is 11.9 Å². The van der Waals surface area contributed by atoms with Crippen LogP contribution in [0.2, 0.25) is 0 Å². The maximum absolute atomic E-state index is 12.9. The van der Waals surface area contributed by atoms with Crippen LogP contribution in [0.15, 0.2) is 0 Å². The van der Waals surface area contributed by atoms with Crippen LogP contribution in [0.3, 0.4) is 0 Å². The van der Waals surface area contributed by atoms with Crippen LogP contribution in [-0.2, 0) is 14.3 Å². The number of rotatable bonds is 3.